The van der Waals surface area contributed by atoms with Gasteiger partial charge in [0.2, 0.25) is 11.8 Å². The summed E-state index contributed by atoms with van der Waals surface area (Å²) in [6.07, 6.45) is 2.09. The maximum atomic E-state index is 13.1. The maximum Gasteiger partial charge on any atom is 0.241 e. The Balaban J connectivity index is 1.54. The molecule has 1 N–H and O–H groups in total. The molecule has 3 heterocycles. The summed E-state index contributed by atoms with van der Waals surface area (Å²) in [5.74, 6) is 2.59. The molecular formula is C20H28N4O3S2. The number of phenols is 1. The van der Waals surface area contributed by atoms with Crippen LogP contribution in [0, 0.1) is 0 Å². The third-order valence-electron chi connectivity index (χ3n) is 5.80. The van der Waals surface area contributed by atoms with Gasteiger partial charge in [0.25, 0.3) is 0 Å². The maximum absolute atomic E-state index is 13.1. The van der Waals surface area contributed by atoms with Crippen molar-refractivity contribution in [3.63, 3.8) is 0 Å². The Morgan fingerprint density at radius 3 is 2.93 bits per heavy atom. The van der Waals surface area contributed by atoms with E-state index in [4.69, 9.17) is 9.73 Å². The van der Waals surface area contributed by atoms with Crippen LogP contribution >= 0.6 is 23.5 Å². The van der Waals surface area contributed by atoms with Crippen LogP contribution in [0.4, 0.5) is 5.69 Å². The van der Waals surface area contributed by atoms with E-state index in [-0.39, 0.29) is 29.8 Å². The number of thioether (sulfide) groups is 2. The molecule has 0 unspecified atom stereocenters. The highest BCUT2D eigenvalue weighted by Crippen LogP contribution is 2.39. The SMILES string of the molecule is CSC[C@H]1[C@H]2SC[C@@H](C(=O)N1C[C@@H]1COC(c3cc(N(C)C)ccc3O)=N1)N2C. The van der Waals surface area contributed by atoms with Crippen molar-refractivity contribution in [1.82, 2.24) is 9.80 Å². The highest BCUT2D eigenvalue weighted by molar-refractivity contribution is 8.00. The average Bonchev–Trinajstić information content (AvgIpc) is 3.27. The van der Waals surface area contributed by atoms with E-state index in [0.717, 1.165) is 17.2 Å². The van der Waals surface area contributed by atoms with Gasteiger partial charge in [0.15, 0.2) is 0 Å². The lowest BCUT2D eigenvalue weighted by atomic mass is 10.1. The molecule has 1 aromatic carbocycles. The van der Waals surface area contributed by atoms with E-state index >= 15 is 0 Å². The van der Waals surface area contributed by atoms with Gasteiger partial charge in [-0.05, 0) is 31.5 Å². The average molecular weight is 437 g/mol. The predicted molar refractivity (Wildman–Crippen MR) is 120 cm³/mol. The van der Waals surface area contributed by atoms with Crippen molar-refractivity contribution in [3.05, 3.63) is 23.8 Å². The van der Waals surface area contributed by atoms with Crippen molar-refractivity contribution < 1.29 is 14.6 Å². The fraction of sp³-hybridized carbons (Fsp3) is 0.600. The van der Waals surface area contributed by atoms with Gasteiger partial charge in [-0.2, -0.15) is 11.8 Å². The number of benzene rings is 1. The second-order valence-electron chi connectivity index (χ2n) is 7.91. The van der Waals surface area contributed by atoms with Gasteiger partial charge in [0.05, 0.1) is 23.0 Å². The minimum Gasteiger partial charge on any atom is -0.507 e. The molecule has 0 saturated carbocycles. The van der Waals surface area contributed by atoms with Crippen molar-refractivity contribution in [3.8, 4) is 5.75 Å². The van der Waals surface area contributed by atoms with E-state index in [0.29, 0.717) is 30.0 Å². The molecule has 0 aliphatic carbocycles. The standard InChI is InChI=1S/C20H28N4O3S2/c1-22(2)13-5-6-17(25)14(7-13)18-21-12(9-27-18)8-24-16(10-28-4)20-23(3)15(11-29-20)19(24)26/h5-7,12,15-16,20,25H,8-11H2,1-4H3/t12-,15+,16+,20-/m1/s1. The van der Waals surface area contributed by atoms with Crippen LogP contribution < -0.4 is 4.90 Å². The first-order chi connectivity index (χ1) is 13.9. The predicted octanol–water partition coefficient (Wildman–Crippen LogP) is 1.55. The van der Waals surface area contributed by atoms with Crippen LogP contribution in [-0.2, 0) is 9.53 Å². The van der Waals surface area contributed by atoms with Crippen LogP contribution in [0.3, 0.4) is 0 Å². The van der Waals surface area contributed by atoms with Gasteiger partial charge in [-0.1, -0.05) is 0 Å². The first kappa shape index (κ1) is 20.7. The number of hydrogen-bond donors (Lipinski definition) is 1. The second-order valence-corrected chi connectivity index (χ2v) is 9.97. The third-order valence-corrected chi connectivity index (χ3v) is 7.97. The summed E-state index contributed by atoms with van der Waals surface area (Å²) in [4.78, 5) is 24.1. The molecule has 1 amide bonds. The summed E-state index contributed by atoms with van der Waals surface area (Å²) in [6, 6.07) is 5.43. The zero-order valence-electron chi connectivity index (χ0n) is 17.2. The molecule has 0 aromatic heterocycles. The lowest BCUT2D eigenvalue weighted by Gasteiger charge is -2.44. The molecule has 29 heavy (non-hydrogen) atoms. The summed E-state index contributed by atoms with van der Waals surface area (Å²) < 4.78 is 5.84. The molecule has 0 spiro atoms. The number of piperazine rings is 1. The van der Waals surface area contributed by atoms with Gasteiger partial charge in [-0.25, -0.2) is 4.99 Å². The van der Waals surface area contributed by atoms with E-state index in [9.17, 15) is 9.90 Å². The monoisotopic (exact) mass is 436 g/mol. The summed E-state index contributed by atoms with van der Waals surface area (Å²) in [6.45, 7) is 0.984. The normalized spacial score (nSPS) is 29.2. The number of phenolic OH excluding ortho intramolecular Hbond substituents is 1. The lowest BCUT2D eigenvalue weighted by Crippen LogP contribution is -2.63. The Bertz CT molecular complexity index is 819. The summed E-state index contributed by atoms with van der Waals surface area (Å²) in [5, 5.41) is 10.6. The molecule has 4 rings (SSSR count). The van der Waals surface area contributed by atoms with Crippen molar-refractivity contribution in [1.29, 1.82) is 0 Å². The Morgan fingerprint density at radius 2 is 2.21 bits per heavy atom. The number of aromatic hydroxyl groups is 1. The van der Waals surface area contributed by atoms with Crippen LogP contribution in [0.25, 0.3) is 0 Å². The van der Waals surface area contributed by atoms with Crippen LogP contribution in [0.1, 0.15) is 5.56 Å². The van der Waals surface area contributed by atoms with Gasteiger partial charge < -0.3 is 19.6 Å². The number of aliphatic imine (C=N–C) groups is 1. The smallest absolute Gasteiger partial charge is 0.241 e. The Hall–Kier alpha value is -1.58. The molecule has 158 valence electrons. The molecule has 2 bridgehead atoms. The molecular weight excluding hydrogens is 408 g/mol. The van der Waals surface area contributed by atoms with E-state index < -0.39 is 0 Å². The minimum absolute atomic E-state index is 0.0327. The number of nitrogens with zero attached hydrogens (tertiary/aromatic N) is 4. The lowest BCUT2D eigenvalue weighted by molar-refractivity contribution is -0.143. The van der Waals surface area contributed by atoms with Crippen LogP contribution in [0.5, 0.6) is 5.75 Å². The molecule has 3 aliphatic rings. The van der Waals surface area contributed by atoms with E-state index in [2.05, 4.69) is 18.2 Å². The molecule has 7 nitrogen and oxygen atoms in total. The largest absolute Gasteiger partial charge is 0.507 e. The summed E-state index contributed by atoms with van der Waals surface area (Å²) >= 11 is 3.66. The Morgan fingerprint density at radius 1 is 1.41 bits per heavy atom. The zero-order valence-corrected chi connectivity index (χ0v) is 18.9. The highest BCUT2D eigenvalue weighted by Gasteiger charge is 2.50. The van der Waals surface area contributed by atoms with Crippen molar-refractivity contribution in [2.45, 2.75) is 23.5 Å². The first-order valence-electron chi connectivity index (χ1n) is 9.75. The van der Waals surface area contributed by atoms with Crippen molar-refractivity contribution in [2.24, 2.45) is 4.99 Å². The summed E-state index contributed by atoms with van der Waals surface area (Å²) in [5.41, 5.74) is 1.56. The van der Waals surface area contributed by atoms with Crippen LogP contribution in [-0.4, -0.2) is 102 Å². The number of hydrogen-bond acceptors (Lipinski definition) is 8. The second kappa shape index (κ2) is 8.28. The van der Waals surface area contributed by atoms with Crippen molar-refractivity contribution in [2.75, 3.05) is 57.0 Å². The number of anilines is 1. The number of amides is 1. The number of ether oxygens (including phenoxy) is 1. The molecule has 4 atom stereocenters. The van der Waals surface area contributed by atoms with E-state index in [1.807, 2.05) is 47.8 Å². The third kappa shape index (κ3) is 3.80. The minimum atomic E-state index is -0.117. The fourth-order valence-corrected chi connectivity index (χ4v) is 6.59. The van der Waals surface area contributed by atoms with Crippen LogP contribution in [0.2, 0.25) is 0 Å². The Labute approximate surface area is 180 Å². The topological polar surface area (TPSA) is 68.6 Å². The van der Waals surface area contributed by atoms with Gasteiger partial charge in [-0.15, -0.1) is 11.8 Å². The molecule has 2 saturated heterocycles. The van der Waals surface area contributed by atoms with Crippen LogP contribution in [0.15, 0.2) is 23.2 Å². The highest BCUT2D eigenvalue weighted by atomic mass is 32.2. The first-order valence-corrected chi connectivity index (χ1v) is 12.2. The summed E-state index contributed by atoms with van der Waals surface area (Å²) in [7, 11) is 5.97. The van der Waals surface area contributed by atoms with Gasteiger partial charge in [-0.3, -0.25) is 9.69 Å². The Kier molecular flexibility index (Phi) is 5.90. The molecule has 1 aromatic rings. The number of carbonyl (C=O) groups is 1. The van der Waals surface area contributed by atoms with E-state index in [1.165, 1.54) is 0 Å². The quantitative estimate of drug-likeness (QED) is 0.726. The van der Waals surface area contributed by atoms with Gasteiger partial charge in [0, 0.05) is 37.8 Å². The number of carbonyl (C=O) groups excluding carboxylic acids is 1. The fourth-order valence-electron chi connectivity index (χ4n) is 4.16. The number of fused-ring (bicyclic) bond motifs is 2. The number of likely N-dealkylation sites (N-methyl/N-ethyl adjacent to an activating group) is 1. The molecule has 0 radical (unpaired) electrons. The zero-order chi connectivity index (χ0) is 20.7. The van der Waals surface area contributed by atoms with E-state index in [1.54, 1.807) is 17.8 Å². The molecule has 2 fully saturated rings. The molecule has 9 heteroatoms. The van der Waals surface area contributed by atoms with Gasteiger partial charge in [0.1, 0.15) is 18.4 Å². The van der Waals surface area contributed by atoms with Gasteiger partial charge >= 0.3 is 0 Å². The molecule has 3 aliphatic heterocycles. The number of rotatable bonds is 6. The van der Waals surface area contributed by atoms with Crippen molar-refractivity contribution >= 4 is 41.0 Å².